The Hall–Kier alpha value is -1.06. The fourth-order valence-corrected chi connectivity index (χ4v) is 3.03. The minimum Gasteiger partial charge on any atom is -0.491 e. The fourth-order valence-electron chi connectivity index (χ4n) is 3.03. The van der Waals surface area contributed by atoms with Crippen molar-refractivity contribution in [1.82, 2.24) is 0 Å². The Balaban J connectivity index is 1.90. The Morgan fingerprint density at radius 3 is 2.70 bits per heavy atom. The molecule has 1 aliphatic rings. The van der Waals surface area contributed by atoms with Crippen LogP contribution in [0.3, 0.4) is 0 Å². The van der Waals surface area contributed by atoms with Crippen molar-refractivity contribution in [1.29, 1.82) is 0 Å². The smallest absolute Gasteiger partial charge is 0.124 e. The molecule has 0 radical (unpaired) electrons. The Kier molecular flexibility index (Phi) is 5.44. The predicted molar refractivity (Wildman–Crippen MR) is 81.9 cm³/mol. The van der Waals surface area contributed by atoms with Gasteiger partial charge in [0.1, 0.15) is 12.4 Å². The Morgan fingerprint density at radius 1 is 1.35 bits per heavy atom. The van der Waals surface area contributed by atoms with Crippen LogP contribution < -0.4 is 10.5 Å². The first-order valence-corrected chi connectivity index (χ1v) is 7.73. The zero-order chi connectivity index (χ0) is 14.5. The molecule has 2 rings (SSSR count). The van der Waals surface area contributed by atoms with E-state index in [4.69, 9.17) is 10.5 Å². The zero-order valence-electron chi connectivity index (χ0n) is 12.6. The molecular weight excluding hydrogens is 250 g/mol. The van der Waals surface area contributed by atoms with Gasteiger partial charge in [0.2, 0.25) is 0 Å². The number of aryl methyl sites for hydroxylation is 1. The summed E-state index contributed by atoms with van der Waals surface area (Å²) in [7, 11) is 0. The molecule has 0 amide bonds. The van der Waals surface area contributed by atoms with Crippen LogP contribution in [-0.4, -0.2) is 17.8 Å². The van der Waals surface area contributed by atoms with Crippen LogP contribution in [0, 0.1) is 12.8 Å². The molecule has 1 aromatic carbocycles. The number of aliphatic hydroxyl groups is 1. The van der Waals surface area contributed by atoms with E-state index in [1.165, 1.54) is 25.7 Å². The van der Waals surface area contributed by atoms with Gasteiger partial charge < -0.3 is 15.6 Å². The molecule has 0 spiro atoms. The lowest BCUT2D eigenvalue weighted by molar-refractivity contribution is 0.0849. The fraction of sp³-hybridized carbons (Fsp3) is 0.647. The van der Waals surface area contributed by atoms with Crippen LogP contribution in [0.2, 0.25) is 0 Å². The summed E-state index contributed by atoms with van der Waals surface area (Å²) in [6.07, 6.45) is 5.62. The van der Waals surface area contributed by atoms with E-state index in [2.05, 4.69) is 0 Å². The second-order valence-corrected chi connectivity index (χ2v) is 6.18. The quantitative estimate of drug-likeness (QED) is 0.838. The lowest BCUT2D eigenvalue weighted by atomic mass is 10.0. The number of aliphatic hydroxyl groups excluding tert-OH is 1. The average molecular weight is 277 g/mol. The SMILES string of the molecule is Cc1ccc(C(C)N)c(OCC(O)CC2CCCC2)c1. The molecule has 3 heteroatoms. The highest BCUT2D eigenvalue weighted by atomic mass is 16.5. The largest absolute Gasteiger partial charge is 0.491 e. The molecule has 1 fully saturated rings. The van der Waals surface area contributed by atoms with Crippen molar-refractivity contribution in [2.45, 2.75) is 58.1 Å². The summed E-state index contributed by atoms with van der Waals surface area (Å²) >= 11 is 0. The van der Waals surface area contributed by atoms with E-state index < -0.39 is 0 Å². The van der Waals surface area contributed by atoms with Gasteiger partial charge in [-0.2, -0.15) is 0 Å². The van der Waals surface area contributed by atoms with Crippen molar-refractivity contribution in [2.75, 3.05) is 6.61 Å². The summed E-state index contributed by atoms with van der Waals surface area (Å²) in [6, 6.07) is 6.00. The van der Waals surface area contributed by atoms with Crippen molar-refractivity contribution in [2.24, 2.45) is 11.7 Å². The summed E-state index contributed by atoms with van der Waals surface area (Å²) in [5.41, 5.74) is 8.11. The first kappa shape index (κ1) is 15.3. The van der Waals surface area contributed by atoms with E-state index in [1.807, 2.05) is 32.0 Å². The normalized spacial score (nSPS) is 19.0. The average Bonchev–Trinajstić information content (AvgIpc) is 2.89. The monoisotopic (exact) mass is 277 g/mol. The topological polar surface area (TPSA) is 55.5 Å². The molecule has 20 heavy (non-hydrogen) atoms. The molecule has 112 valence electrons. The van der Waals surface area contributed by atoms with Crippen LogP contribution in [-0.2, 0) is 0 Å². The van der Waals surface area contributed by atoms with Gasteiger partial charge in [0.15, 0.2) is 0 Å². The van der Waals surface area contributed by atoms with Gasteiger partial charge in [0.05, 0.1) is 6.10 Å². The summed E-state index contributed by atoms with van der Waals surface area (Å²) in [4.78, 5) is 0. The number of nitrogens with two attached hydrogens (primary N) is 1. The van der Waals surface area contributed by atoms with Gasteiger partial charge in [-0.1, -0.05) is 37.8 Å². The third-order valence-electron chi connectivity index (χ3n) is 4.17. The summed E-state index contributed by atoms with van der Waals surface area (Å²) < 4.78 is 5.82. The van der Waals surface area contributed by atoms with Crippen LogP contribution in [0.15, 0.2) is 18.2 Å². The summed E-state index contributed by atoms with van der Waals surface area (Å²) in [6.45, 7) is 4.35. The highest BCUT2D eigenvalue weighted by molar-refractivity contribution is 5.38. The molecule has 2 unspecified atom stereocenters. The molecule has 2 atom stereocenters. The van der Waals surface area contributed by atoms with Crippen LogP contribution in [0.1, 0.15) is 56.2 Å². The second kappa shape index (κ2) is 7.09. The third kappa shape index (κ3) is 4.22. The van der Waals surface area contributed by atoms with E-state index in [0.717, 1.165) is 23.3 Å². The van der Waals surface area contributed by atoms with Gasteiger partial charge >= 0.3 is 0 Å². The number of rotatable bonds is 6. The highest BCUT2D eigenvalue weighted by Crippen LogP contribution is 2.29. The number of hydrogen-bond donors (Lipinski definition) is 2. The lowest BCUT2D eigenvalue weighted by Crippen LogP contribution is -2.21. The van der Waals surface area contributed by atoms with Gasteiger partial charge in [-0.25, -0.2) is 0 Å². The maximum atomic E-state index is 10.1. The zero-order valence-corrected chi connectivity index (χ0v) is 12.6. The van der Waals surface area contributed by atoms with Gasteiger partial charge in [-0.05, 0) is 37.8 Å². The molecule has 3 N–H and O–H groups in total. The lowest BCUT2D eigenvalue weighted by Gasteiger charge is -2.19. The first-order chi connectivity index (χ1) is 9.56. The van der Waals surface area contributed by atoms with Crippen molar-refractivity contribution in [3.63, 3.8) is 0 Å². The molecule has 0 saturated heterocycles. The second-order valence-electron chi connectivity index (χ2n) is 6.18. The van der Waals surface area contributed by atoms with E-state index in [9.17, 15) is 5.11 Å². The van der Waals surface area contributed by atoms with Crippen LogP contribution >= 0.6 is 0 Å². The third-order valence-corrected chi connectivity index (χ3v) is 4.17. The van der Waals surface area contributed by atoms with Crippen LogP contribution in [0.4, 0.5) is 0 Å². The molecule has 1 aromatic rings. The van der Waals surface area contributed by atoms with Crippen molar-refractivity contribution >= 4 is 0 Å². The Labute approximate surface area is 122 Å². The van der Waals surface area contributed by atoms with Gasteiger partial charge in [0.25, 0.3) is 0 Å². The standard InChI is InChI=1S/C17H27NO2/c1-12-7-8-16(13(2)18)17(9-12)20-11-15(19)10-14-5-3-4-6-14/h7-9,13-15,19H,3-6,10-11,18H2,1-2H3. The minimum atomic E-state index is -0.375. The van der Waals surface area contributed by atoms with Crippen molar-refractivity contribution in [3.8, 4) is 5.75 Å². The molecule has 0 aliphatic heterocycles. The maximum absolute atomic E-state index is 10.1. The molecule has 1 saturated carbocycles. The number of ether oxygens (including phenoxy) is 1. The van der Waals surface area contributed by atoms with E-state index in [0.29, 0.717) is 12.5 Å². The molecule has 1 aliphatic carbocycles. The van der Waals surface area contributed by atoms with E-state index in [1.54, 1.807) is 0 Å². The number of benzene rings is 1. The first-order valence-electron chi connectivity index (χ1n) is 7.73. The van der Waals surface area contributed by atoms with Crippen molar-refractivity contribution < 1.29 is 9.84 Å². The molecule has 0 heterocycles. The van der Waals surface area contributed by atoms with Gasteiger partial charge in [-0.3, -0.25) is 0 Å². The van der Waals surface area contributed by atoms with E-state index in [-0.39, 0.29) is 12.1 Å². The maximum Gasteiger partial charge on any atom is 0.124 e. The molecular formula is C17H27NO2. The molecule has 0 aromatic heterocycles. The number of hydrogen-bond acceptors (Lipinski definition) is 3. The van der Waals surface area contributed by atoms with Gasteiger partial charge in [-0.15, -0.1) is 0 Å². The van der Waals surface area contributed by atoms with Crippen molar-refractivity contribution in [3.05, 3.63) is 29.3 Å². The predicted octanol–water partition coefficient (Wildman–Crippen LogP) is 3.33. The summed E-state index contributed by atoms with van der Waals surface area (Å²) in [5.74, 6) is 1.49. The summed E-state index contributed by atoms with van der Waals surface area (Å²) in [5, 5.41) is 10.1. The van der Waals surface area contributed by atoms with Gasteiger partial charge in [0, 0.05) is 11.6 Å². The Morgan fingerprint density at radius 2 is 2.05 bits per heavy atom. The molecule has 3 nitrogen and oxygen atoms in total. The van der Waals surface area contributed by atoms with Crippen LogP contribution in [0.5, 0.6) is 5.75 Å². The van der Waals surface area contributed by atoms with E-state index >= 15 is 0 Å². The highest BCUT2D eigenvalue weighted by Gasteiger charge is 2.19. The Bertz CT molecular complexity index is 425. The van der Waals surface area contributed by atoms with Crippen LogP contribution in [0.25, 0.3) is 0 Å². The molecule has 0 bridgehead atoms. The minimum absolute atomic E-state index is 0.0578.